The van der Waals surface area contributed by atoms with E-state index in [1.807, 2.05) is 0 Å². The smallest absolute Gasteiger partial charge is 0.286 e. The van der Waals surface area contributed by atoms with E-state index in [-0.39, 0.29) is 5.56 Å². The van der Waals surface area contributed by atoms with Crippen molar-refractivity contribution in [3.63, 3.8) is 0 Å². The van der Waals surface area contributed by atoms with Crippen LogP contribution in [0, 0.1) is 5.82 Å². The molecule has 2 aromatic rings. The number of rotatable bonds is 3. The van der Waals surface area contributed by atoms with Crippen LogP contribution in [0.3, 0.4) is 0 Å². The fourth-order valence-electron chi connectivity index (χ4n) is 1.67. The van der Waals surface area contributed by atoms with Crippen LogP contribution in [0.1, 0.15) is 10.4 Å². The van der Waals surface area contributed by atoms with Gasteiger partial charge in [-0.3, -0.25) is 4.79 Å². The molecule has 98 valence electrons. The molecule has 0 aliphatic heterocycles. The van der Waals surface area contributed by atoms with Crippen LogP contribution in [-0.2, 0) is 0 Å². The van der Waals surface area contributed by atoms with E-state index in [4.69, 9.17) is 0 Å². The molecule has 0 radical (unpaired) electrons. The van der Waals surface area contributed by atoms with Crippen molar-refractivity contribution in [1.82, 2.24) is 0 Å². The molecule has 19 heavy (non-hydrogen) atoms. The summed E-state index contributed by atoms with van der Waals surface area (Å²) in [4.78, 5) is 11.2. The molecule has 0 fully saturated rings. The summed E-state index contributed by atoms with van der Waals surface area (Å²) in [5.74, 6) is -2.37. The normalized spacial score (nSPS) is 11.4. The summed E-state index contributed by atoms with van der Waals surface area (Å²) in [5, 5.41) is -4.03. The fraction of sp³-hybridized carbons (Fsp3) is 0.0714. The molecule has 0 aliphatic carbocycles. The van der Waals surface area contributed by atoms with Gasteiger partial charge in [-0.1, -0.05) is 42.5 Å². The molecule has 0 unspecified atom stereocenters. The van der Waals surface area contributed by atoms with Crippen LogP contribution in [-0.4, -0.2) is 11.2 Å². The predicted octanol–water partition coefficient (Wildman–Crippen LogP) is 4.51. The van der Waals surface area contributed by atoms with Gasteiger partial charge in [0.2, 0.25) is 5.78 Å². The first-order valence-electron chi connectivity index (χ1n) is 5.36. The van der Waals surface area contributed by atoms with E-state index >= 15 is 0 Å². The molecule has 0 saturated heterocycles. The average molecular weight is 285 g/mol. The molecule has 0 aromatic heterocycles. The Bertz CT molecular complexity index is 606. The van der Waals surface area contributed by atoms with E-state index < -0.39 is 22.5 Å². The molecule has 0 N–H and O–H groups in total. The minimum atomic E-state index is -4.03. The molecule has 0 atom stereocenters. The average Bonchev–Trinajstić information content (AvgIpc) is 2.37. The number of carbonyl (C=O) groups excluding carboxylic acids is 1. The summed E-state index contributed by atoms with van der Waals surface area (Å²) in [6.45, 7) is 0. The second kappa shape index (κ2) is 5.05. The lowest BCUT2D eigenvalue weighted by Crippen LogP contribution is -2.21. The molecule has 0 saturated carbocycles. The fourth-order valence-corrected chi connectivity index (χ4v) is 1.78. The van der Waals surface area contributed by atoms with Gasteiger partial charge in [-0.05, 0) is 23.2 Å². The van der Waals surface area contributed by atoms with Crippen molar-refractivity contribution in [1.29, 1.82) is 0 Å². The molecular weight excluding hydrogens is 277 g/mol. The van der Waals surface area contributed by atoms with Gasteiger partial charge in [0.05, 0.1) is 0 Å². The Hall–Kier alpha value is -1.81. The molecule has 0 aliphatic rings. The standard InChI is InChI=1S/C14H8ClF3O/c15-14(17,18)13(19)10-6-7-11(12(16)8-10)9-4-2-1-3-5-9/h1-8H. The van der Waals surface area contributed by atoms with Gasteiger partial charge in [0.25, 0.3) is 0 Å². The van der Waals surface area contributed by atoms with Crippen LogP contribution >= 0.6 is 11.6 Å². The molecule has 0 bridgehead atoms. The Kier molecular flexibility index (Phi) is 3.62. The van der Waals surface area contributed by atoms with Gasteiger partial charge in [-0.2, -0.15) is 8.78 Å². The van der Waals surface area contributed by atoms with Gasteiger partial charge < -0.3 is 0 Å². The summed E-state index contributed by atoms with van der Waals surface area (Å²) < 4.78 is 39.1. The van der Waals surface area contributed by atoms with E-state index in [1.165, 1.54) is 6.07 Å². The Morgan fingerprint density at radius 2 is 1.68 bits per heavy atom. The summed E-state index contributed by atoms with van der Waals surface area (Å²) in [5.41, 5.74) is 0.365. The van der Waals surface area contributed by atoms with Crippen molar-refractivity contribution in [2.24, 2.45) is 0 Å². The molecule has 0 heterocycles. The number of halogens is 4. The zero-order chi connectivity index (χ0) is 14.0. The highest BCUT2D eigenvalue weighted by Crippen LogP contribution is 2.28. The van der Waals surface area contributed by atoms with Crippen LogP contribution in [0.5, 0.6) is 0 Å². The van der Waals surface area contributed by atoms with Crippen LogP contribution in [0.2, 0.25) is 0 Å². The van der Waals surface area contributed by atoms with Crippen LogP contribution in [0.4, 0.5) is 13.2 Å². The Morgan fingerprint density at radius 3 is 2.21 bits per heavy atom. The Balaban J connectivity index is 2.41. The first-order chi connectivity index (χ1) is 8.89. The van der Waals surface area contributed by atoms with Gasteiger partial charge in [0, 0.05) is 11.1 Å². The van der Waals surface area contributed by atoms with Crippen molar-refractivity contribution in [2.75, 3.05) is 0 Å². The number of hydrogen-bond acceptors (Lipinski definition) is 1. The summed E-state index contributed by atoms with van der Waals surface area (Å²) in [6.07, 6.45) is 0. The van der Waals surface area contributed by atoms with E-state index in [0.717, 1.165) is 12.1 Å². The third-order valence-corrected chi connectivity index (χ3v) is 2.75. The number of carbonyl (C=O) groups is 1. The number of benzene rings is 2. The minimum Gasteiger partial charge on any atom is -0.286 e. The SMILES string of the molecule is O=C(c1ccc(-c2ccccc2)c(F)c1)C(F)(F)Cl. The van der Waals surface area contributed by atoms with Gasteiger partial charge in [0.15, 0.2) is 0 Å². The van der Waals surface area contributed by atoms with Gasteiger partial charge in [-0.25, -0.2) is 4.39 Å². The lowest BCUT2D eigenvalue weighted by atomic mass is 10.0. The molecule has 2 rings (SSSR count). The number of hydrogen-bond donors (Lipinski definition) is 0. The highest BCUT2D eigenvalue weighted by Gasteiger charge is 2.36. The third kappa shape index (κ3) is 2.96. The lowest BCUT2D eigenvalue weighted by molar-refractivity contribution is 0.0536. The van der Waals surface area contributed by atoms with Crippen molar-refractivity contribution >= 4 is 17.4 Å². The van der Waals surface area contributed by atoms with Crippen LogP contribution in [0.15, 0.2) is 48.5 Å². The van der Waals surface area contributed by atoms with Crippen molar-refractivity contribution in [2.45, 2.75) is 5.38 Å². The van der Waals surface area contributed by atoms with Crippen molar-refractivity contribution in [3.05, 3.63) is 59.9 Å². The van der Waals surface area contributed by atoms with E-state index in [9.17, 15) is 18.0 Å². The van der Waals surface area contributed by atoms with Crippen molar-refractivity contribution in [3.8, 4) is 11.1 Å². The molecule has 5 heteroatoms. The first-order valence-corrected chi connectivity index (χ1v) is 5.74. The maximum absolute atomic E-state index is 13.8. The number of alkyl halides is 3. The maximum atomic E-state index is 13.8. The van der Waals surface area contributed by atoms with Gasteiger partial charge in [0.1, 0.15) is 5.82 Å². The van der Waals surface area contributed by atoms with Gasteiger partial charge >= 0.3 is 5.38 Å². The third-order valence-electron chi connectivity index (χ3n) is 2.57. The zero-order valence-electron chi connectivity index (χ0n) is 9.54. The summed E-state index contributed by atoms with van der Waals surface area (Å²) in [6, 6.07) is 11.7. The number of Topliss-reactive ketones (excluding diaryl/α,β-unsaturated/α-hetero) is 1. The molecule has 0 amide bonds. The second-order valence-electron chi connectivity index (χ2n) is 3.89. The van der Waals surface area contributed by atoms with E-state index in [1.54, 1.807) is 30.3 Å². The quantitative estimate of drug-likeness (QED) is 0.599. The molecular formula is C14H8ClF3O. The summed E-state index contributed by atoms with van der Waals surface area (Å²) >= 11 is 4.62. The first kappa shape index (κ1) is 13.6. The van der Waals surface area contributed by atoms with Gasteiger partial charge in [-0.15, -0.1) is 0 Å². The van der Waals surface area contributed by atoms with E-state index in [2.05, 4.69) is 11.6 Å². The number of ketones is 1. The minimum absolute atomic E-state index is 0.232. The zero-order valence-corrected chi connectivity index (χ0v) is 10.3. The highest BCUT2D eigenvalue weighted by molar-refractivity contribution is 6.35. The molecule has 2 aromatic carbocycles. The largest absolute Gasteiger partial charge is 0.384 e. The Morgan fingerprint density at radius 1 is 1.05 bits per heavy atom. The molecule has 1 nitrogen and oxygen atoms in total. The highest BCUT2D eigenvalue weighted by atomic mass is 35.5. The topological polar surface area (TPSA) is 17.1 Å². The van der Waals surface area contributed by atoms with Crippen LogP contribution in [0.25, 0.3) is 11.1 Å². The second-order valence-corrected chi connectivity index (χ2v) is 4.36. The maximum Gasteiger partial charge on any atom is 0.384 e. The predicted molar refractivity (Wildman–Crippen MR) is 67.0 cm³/mol. The summed E-state index contributed by atoms with van der Waals surface area (Å²) in [7, 11) is 0. The molecule has 0 spiro atoms. The van der Waals surface area contributed by atoms with Crippen LogP contribution < -0.4 is 0 Å². The lowest BCUT2D eigenvalue weighted by Gasteiger charge is -2.08. The monoisotopic (exact) mass is 284 g/mol. The van der Waals surface area contributed by atoms with E-state index in [0.29, 0.717) is 5.56 Å². The van der Waals surface area contributed by atoms with Crippen molar-refractivity contribution < 1.29 is 18.0 Å². The Labute approximate surface area is 112 Å².